The van der Waals surface area contributed by atoms with Crippen molar-refractivity contribution in [3.63, 3.8) is 0 Å². The fourth-order valence-corrected chi connectivity index (χ4v) is 2.81. The molecule has 2 unspecified atom stereocenters. The predicted molar refractivity (Wildman–Crippen MR) is 76.9 cm³/mol. The zero-order chi connectivity index (χ0) is 13.9. The minimum absolute atomic E-state index is 0.0198. The normalized spacial score (nSPS) is 19.6. The topological polar surface area (TPSA) is 65.1 Å². The highest BCUT2D eigenvalue weighted by molar-refractivity contribution is 5.32. The lowest BCUT2D eigenvalue weighted by Crippen LogP contribution is -2.43. The van der Waals surface area contributed by atoms with E-state index in [9.17, 15) is 0 Å². The molecule has 0 spiro atoms. The molecule has 0 radical (unpaired) electrons. The monoisotopic (exact) mass is 272 g/mol. The summed E-state index contributed by atoms with van der Waals surface area (Å²) in [7, 11) is 1.92. The van der Waals surface area contributed by atoms with E-state index in [4.69, 9.17) is 10.6 Å². The second kappa shape index (κ2) is 5.75. The zero-order valence-electron chi connectivity index (χ0n) is 11.6. The number of hydrogen-bond donors (Lipinski definition) is 2. The van der Waals surface area contributed by atoms with Crippen LogP contribution in [0.1, 0.15) is 22.9 Å². The number of benzene rings is 1. The van der Waals surface area contributed by atoms with Gasteiger partial charge in [-0.25, -0.2) is 0 Å². The maximum atomic E-state index is 5.96. The Morgan fingerprint density at radius 3 is 3.05 bits per heavy atom. The third-order valence-electron chi connectivity index (χ3n) is 3.81. The molecule has 0 saturated carbocycles. The van der Waals surface area contributed by atoms with Gasteiger partial charge in [0.1, 0.15) is 0 Å². The van der Waals surface area contributed by atoms with E-state index >= 15 is 0 Å². The molecule has 3 rings (SSSR count). The number of rotatable bonds is 4. The van der Waals surface area contributed by atoms with Crippen LogP contribution >= 0.6 is 0 Å². The van der Waals surface area contributed by atoms with E-state index in [2.05, 4.69) is 34.8 Å². The zero-order valence-corrected chi connectivity index (χ0v) is 11.6. The van der Waals surface area contributed by atoms with Crippen LogP contribution in [0.25, 0.3) is 0 Å². The van der Waals surface area contributed by atoms with Crippen molar-refractivity contribution in [1.29, 1.82) is 0 Å². The molecule has 1 aliphatic rings. The minimum Gasteiger partial charge on any atom is -0.371 e. The first-order valence-electron chi connectivity index (χ1n) is 6.92. The Kier molecular flexibility index (Phi) is 3.82. The number of aromatic nitrogens is 2. The van der Waals surface area contributed by atoms with Gasteiger partial charge in [-0.1, -0.05) is 24.3 Å². The SMILES string of the molecule is Cn1ccc(CC(NN)C2OCCc3ccccc32)n1. The van der Waals surface area contributed by atoms with Crippen molar-refractivity contribution in [2.45, 2.75) is 25.0 Å². The summed E-state index contributed by atoms with van der Waals surface area (Å²) in [5.41, 5.74) is 6.50. The summed E-state index contributed by atoms with van der Waals surface area (Å²) >= 11 is 0. The van der Waals surface area contributed by atoms with Crippen molar-refractivity contribution < 1.29 is 4.74 Å². The molecule has 0 saturated heterocycles. The molecule has 106 valence electrons. The van der Waals surface area contributed by atoms with Gasteiger partial charge in [0.05, 0.1) is 24.4 Å². The third-order valence-corrected chi connectivity index (χ3v) is 3.81. The highest BCUT2D eigenvalue weighted by Gasteiger charge is 2.28. The maximum absolute atomic E-state index is 5.96. The maximum Gasteiger partial charge on any atom is 0.0997 e. The average Bonchev–Trinajstić information content (AvgIpc) is 2.89. The fraction of sp³-hybridized carbons (Fsp3) is 0.400. The summed E-state index contributed by atoms with van der Waals surface area (Å²) in [6, 6.07) is 10.5. The Morgan fingerprint density at radius 2 is 2.30 bits per heavy atom. The van der Waals surface area contributed by atoms with Gasteiger partial charge >= 0.3 is 0 Å². The lowest BCUT2D eigenvalue weighted by Gasteiger charge is -2.31. The van der Waals surface area contributed by atoms with Crippen molar-refractivity contribution in [1.82, 2.24) is 15.2 Å². The summed E-state index contributed by atoms with van der Waals surface area (Å²) in [4.78, 5) is 0. The van der Waals surface area contributed by atoms with Gasteiger partial charge in [-0.3, -0.25) is 16.0 Å². The lowest BCUT2D eigenvalue weighted by atomic mass is 9.91. The van der Waals surface area contributed by atoms with Gasteiger partial charge in [0.2, 0.25) is 0 Å². The van der Waals surface area contributed by atoms with Crippen LogP contribution in [0.5, 0.6) is 0 Å². The number of hydrogen-bond acceptors (Lipinski definition) is 4. The Balaban J connectivity index is 1.83. The quantitative estimate of drug-likeness (QED) is 0.646. The number of nitrogens with two attached hydrogens (primary N) is 1. The first-order chi connectivity index (χ1) is 9.78. The van der Waals surface area contributed by atoms with Crippen LogP contribution in [-0.2, 0) is 24.6 Å². The molecule has 20 heavy (non-hydrogen) atoms. The summed E-state index contributed by atoms with van der Waals surface area (Å²) in [5.74, 6) is 5.75. The number of aryl methyl sites for hydroxylation is 1. The molecule has 5 nitrogen and oxygen atoms in total. The van der Waals surface area contributed by atoms with Gasteiger partial charge in [0.25, 0.3) is 0 Å². The van der Waals surface area contributed by atoms with Crippen LogP contribution in [0.4, 0.5) is 0 Å². The van der Waals surface area contributed by atoms with E-state index in [-0.39, 0.29) is 12.1 Å². The van der Waals surface area contributed by atoms with E-state index < -0.39 is 0 Å². The second-order valence-corrected chi connectivity index (χ2v) is 5.20. The third kappa shape index (κ3) is 2.60. The van der Waals surface area contributed by atoms with Gasteiger partial charge in [-0.2, -0.15) is 5.10 Å². The summed E-state index contributed by atoms with van der Waals surface area (Å²) in [6.45, 7) is 0.738. The van der Waals surface area contributed by atoms with Gasteiger partial charge in [-0.15, -0.1) is 0 Å². The molecule has 2 heterocycles. The van der Waals surface area contributed by atoms with Crippen LogP contribution in [0, 0.1) is 0 Å². The van der Waals surface area contributed by atoms with Crippen LogP contribution in [0.3, 0.4) is 0 Å². The summed E-state index contributed by atoms with van der Waals surface area (Å²) < 4.78 is 7.76. The van der Waals surface area contributed by atoms with Crippen molar-refractivity contribution in [2.24, 2.45) is 12.9 Å². The van der Waals surface area contributed by atoms with Crippen molar-refractivity contribution in [2.75, 3.05) is 6.61 Å². The molecule has 3 N–H and O–H groups in total. The minimum atomic E-state index is -0.0213. The number of nitrogens with one attached hydrogen (secondary N) is 1. The van der Waals surface area contributed by atoms with Gasteiger partial charge in [0.15, 0.2) is 0 Å². The molecular formula is C15H20N4O. The van der Waals surface area contributed by atoms with Crippen LogP contribution in [0.15, 0.2) is 36.5 Å². The lowest BCUT2D eigenvalue weighted by molar-refractivity contribution is 0.0151. The summed E-state index contributed by atoms with van der Waals surface area (Å²) in [6.07, 6.45) is 3.63. The molecule has 1 aromatic heterocycles. The fourth-order valence-electron chi connectivity index (χ4n) is 2.81. The van der Waals surface area contributed by atoms with Gasteiger partial charge in [0, 0.05) is 19.7 Å². The van der Waals surface area contributed by atoms with E-state index in [0.29, 0.717) is 0 Å². The summed E-state index contributed by atoms with van der Waals surface area (Å²) in [5, 5.41) is 4.41. The van der Waals surface area contributed by atoms with Crippen LogP contribution in [-0.4, -0.2) is 22.4 Å². The Hall–Kier alpha value is -1.69. The Morgan fingerprint density at radius 1 is 1.45 bits per heavy atom. The molecular weight excluding hydrogens is 252 g/mol. The molecule has 2 aromatic rings. The molecule has 0 bridgehead atoms. The van der Waals surface area contributed by atoms with E-state index in [1.165, 1.54) is 11.1 Å². The smallest absolute Gasteiger partial charge is 0.0997 e. The highest BCUT2D eigenvalue weighted by Crippen LogP contribution is 2.30. The average molecular weight is 272 g/mol. The van der Waals surface area contributed by atoms with E-state index in [1.54, 1.807) is 4.68 Å². The number of fused-ring (bicyclic) bond motifs is 1. The number of ether oxygens (including phenoxy) is 1. The molecule has 0 fully saturated rings. The predicted octanol–water partition coefficient (Wildman–Crippen LogP) is 1.11. The van der Waals surface area contributed by atoms with Crippen molar-refractivity contribution in [3.8, 4) is 0 Å². The Bertz CT molecular complexity index is 581. The molecule has 1 aromatic carbocycles. The largest absolute Gasteiger partial charge is 0.371 e. The number of nitrogens with zero attached hydrogens (tertiary/aromatic N) is 2. The molecule has 5 heteroatoms. The van der Waals surface area contributed by atoms with Gasteiger partial charge in [-0.05, 0) is 23.6 Å². The molecule has 1 aliphatic heterocycles. The van der Waals surface area contributed by atoms with Crippen molar-refractivity contribution >= 4 is 0 Å². The van der Waals surface area contributed by atoms with Crippen LogP contribution < -0.4 is 11.3 Å². The standard InChI is InChI=1S/C15H20N4O/c1-19-8-6-12(18-19)10-14(17-16)15-13-5-3-2-4-11(13)7-9-20-15/h2-6,8,14-15,17H,7,9-10,16H2,1H3. The van der Waals surface area contributed by atoms with E-state index in [1.807, 2.05) is 19.3 Å². The first-order valence-corrected chi connectivity index (χ1v) is 6.92. The Labute approximate surface area is 118 Å². The van der Waals surface area contributed by atoms with Gasteiger partial charge < -0.3 is 4.74 Å². The highest BCUT2D eigenvalue weighted by atomic mass is 16.5. The number of hydrazine groups is 1. The molecule has 0 aliphatic carbocycles. The van der Waals surface area contributed by atoms with Crippen LogP contribution in [0.2, 0.25) is 0 Å². The second-order valence-electron chi connectivity index (χ2n) is 5.20. The van der Waals surface area contributed by atoms with E-state index in [0.717, 1.165) is 25.1 Å². The van der Waals surface area contributed by atoms with Crippen molar-refractivity contribution in [3.05, 3.63) is 53.3 Å². The molecule has 2 atom stereocenters. The molecule has 0 amide bonds. The first kappa shape index (κ1) is 13.3.